The van der Waals surface area contributed by atoms with Crippen molar-refractivity contribution < 1.29 is 4.79 Å². The molecule has 2 amide bonds. The molecule has 1 saturated carbocycles. The second kappa shape index (κ2) is 13.3. The molecule has 2 fully saturated rings. The number of aryl methyl sites for hydroxylation is 1. The fourth-order valence-electron chi connectivity index (χ4n) is 6.38. The van der Waals surface area contributed by atoms with Gasteiger partial charge in [-0.2, -0.15) is 15.3 Å². The summed E-state index contributed by atoms with van der Waals surface area (Å²) in [7, 11) is 1.89. The van der Waals surface area contributed by atoms with Crippen LogP contribution in [-0.4, -0.2) is 55.4 Å². The highest BCUT2D eigenvalue weighted by atomic mass is 16.2. The number of amides is 2. The van der Waals surface area contributed by atoms with Crippen LogP contribution in [0.4, 0.5) is 22.4 Å². The van der Waals surface area contributed by atoms with Crippen molar-refractivity contribution in [3.8, 4) is 17.2 Å². The topological polar surface area (TPSA) is 128 Å². The molecule has 1 saturated heterocycles. The highest BCUT2D eigenvalue weighted by Gasteiger charge is 2.33. The number of hydrogen-bond acceptors (Lipinski definition) is 8. The van der Waals surface area contributed by atoms with Crippen LogP contribution in [0.1, 0.15) is 57.1 Å². The van der Waals surface area contributed by atoms with E-state index in [0.717, 1.165) is 55.3 Å². The Hall–Kier alpha value is -4.98. The zero-order chi connectivity index (χ0) is 31.3. The molecule has 1 aromatic carbocycles. The van der Waals surface area contributed by atoms with Crippen LogP contribution in [0, 0.1) is 17.2 Å². The Morgan fingerprint density at radius 1 is 1.00 bits per heavy atom. The van der Waals surface area contributed by atoms with Gasteiger partial charge in [0.1, 0.15) is 17.5 Å². The van der Waals surface area contributed by atoms with Gasteiger partial charge < -0.3 is 15.5 Å². The number of anilines is 3. The minimum atomic E-state index is -0.161. The van der Waals surface area contributed by atoms with Gasteiger partial charge in [-0.1, -0.05) is 37.3 Å². The SMILES string of the molecule is C[C@@H]1CCN(c2nc(N[C@H]3CC[C@H](N(C(=O)NCc4ccccc4)c4ccc(-c5cnn(C)c5)cn4)CC3)ncc2C#N)[C@@H]1C. The Balaban J connectivity index is 1.15. The number of rotatable bonds is 8. The maximum Gasteiger partial charge on any atom is 0.323 e. The number of urea groups is 1. The molecule has 2 N–H and O–H groups in total. The van der Waals surface area contributed by atoms with Gasteiger partial charge in [-0.25, -0.2) is 14.8 Å². The third-order valence-electron chi connectivity index (χ3n) is 9.23. The standard InChI is InChI=1S/C34H40N10O/c1-23-15-16-43(24(23)2)32-27(17-35)20-37-33(41-32)40-29-10-12-30(13-11-29)44(34(45)38-18-25-7-5-4-6-8-25)31-14-9-26(19-36-31)28-21-39-42(3)22-28/h4-9,14,19-24,29-30H,10-13,15-16,18H2,1-3H3,(H,38,45)(H,37,40,41)/t23-,24-,29-,30-/m1/s1. The molecule has 4 heterocycles. The molecule has 0 radical (unpaired) electrons. The molecule has 0 spiro atoms. The van der Waals surface area contributed by atoms with Crippen LogP contribution in [0.5, 0.6) is 0 Å². The Morgan fingerprint density at radius 2 is 1.80 bits per heavy atom. The number of carbonyl (C=O) groups is 1. The molecule has 4 aromatic rings. The van der Waals surface area contributed by atoms with Crippen LogP contribution in [0.3, 0.4) is 0 Å². The number of benzene rings is 1. The van der Waals surface area contributed by atoms with E-state index in [4.69, 9.17) is 9.97 Å². The highest BCUT2D eigenvalue weighted by Crippen LogP contribution is 2.32. The van der Waals surface area contributed by atoms with Crippen molar-refractivity contribution in [2.45, 2.75) is 70.6 Å². The van der Waals surface area contributed by atoms with Gasteiger partial charge in [-0.15, -0.1) is 0 Å². The summed E-state index contributed by atoms with van der Waals surface area (Å²) >= 11 is 0. The highest BCUT2D eigenvalue weighted by molar-refractivity contribution is 5.91. The lowest BCUT2D eigenvalue weighted by Crippen LogP contribution is -2.49. The first-order valence-corrected chi connectivity index (χ1v) is 15.8. The zero-order valence-electron chi connectivity index (χ0n) is 26.1. The first kappa shape index (κ1) is 30.1. The van der Waals surface area contributed by atoms with Crippen LogP contribution in [0.25, 0.3) is 11.1 Å². The zero-order valence-corrected chi connectivity index (χ0v) is 26.1. The average Bonchev–Trinajstić information content (AvgIpc) is 3.66. The van der Waals surface area contributed by atoms with E-state index in [0.29, 0.717) is 41.7 Å². The maximum absolute atomic E-state index is 13.7. The summed E-state index contributed by atoms with van der Waals surface area (Å²) in [6, 6.07) is 16.4. The summed E-state index contributed by atoms with van der Waals surface area (Å²) < 4.78 is 1.76. The molecule has 6 rings (SSSR count). The van der Waals surface area contributed by atoms with Gasteiger partial charge in [0.15, 0.2) is 5.82 Å². The van der Waals surface area contributed by atoms with Crippen molar-refractivity contribution in [1.82, 2.24) is 30.0 Å². The van der Waals surface area contributed by atoms with Crippen LogP contribution < -0.4 is 20.4 Å². The molecule has 2 aliphatic rings. The minimum Gasteiger partial charge on any atom is -0.352 e. The van der Waals surface area contributed by atoms with Crippen molar-refractivity contribution in [3.63, 3.8) is 0 Å². The Morgan fingerprint density at radius 3 is 2.44 bits per heavy atom. The lowest BCUT2D eigenvalue weighted by atomic mass is 9.90. The summed E-state index contributed by atoms with van der Waals surface area (Å²) in [5.41, 5.74) is 3.47. The first-order chi connectivity index (χ1) is 21.9. The van der Waals surface area contributed by atoms with E-state index in [9.17, 15) is 10.1 Å². The minimum absolute atomic E-state index is 0.0139. The van der Waals surface area contributed by atoms with Crippen molar-refractivity contribution in [2.75, 3.05) is 21.7 Å². The van der Waals surface area contributed by atoms with E-state index in [2.05, 4.69) is 45.5 Å². The second-order valence-corrected chi connectivity index (χ2v) is 12.2. The molecule has 1 aliphatic carbocycles. The van der Waals surface area contributed by atoms with Crippen molar-refractivity contribution in [1.29, 1.82) is 5.26 Å². The summed E-state index contributed by atoms with van der Waals surface area (Å²) in [6.45, 7) is 5.76. The Bertz CT molecular complexity index is 1640. The first-order valence-electron chi connectivity index (χ1n) is 15.8. The summed E-state index contributed by atoms with van der Waals surface area (Å²) in [4.78, 5) is 31.8. The fourth-order valence-corrected chi connectivity index (χ4v) is 6.38. The van der Waals surface area contributed by atoms with Gasteiger partial charge in [0.2, 0.25) is 5.95 Å². The molecule has 11 heteroatoms. The number of nitriles is 1. The largest absolute Gasteiger partial charge is 0.352 e. The Labute approximate surface area is 264 Å². The lowest BCUT2D eigenvalue weighted by Gasteiger charge is -2.36. The van der Waals surface area contributed by atoms with Gasteiger partial charge in [0.25, 0.3) is 0 Å². The van der Waals surface area contributed by atoms with E-state index in [-0.39, 0.29) is 18.1 Å². The van der Waals surface area contributed by atoms with Crippen LogP contribution in [-0.2, 0) is 13.6 Å². The predicted molar refractivity (Wildman–Crippen MR) is 175 cm³/mol. The third kappa shape index (κ3) is 6.75. The van der Waals surface area contributed by atoms with Gasteiger partial charge in [-0.05, 0) is 62.6 Å². The third-order valence-corrected chi connectivity index (χ3v) is 9.23. The Kier molecular flexibility index (Phi) is 8.91. The number of carbonyl (C=O) groups excluding carboxylic acids is 1. The number of hydrogen-bond donors (Lipinski definition) is 2. The van der Waals surface area contributed by atoms with Gasteiger partial charge in [0, 0.05) is 61.8 Å². The number of nitrogens with zero attached hydrogens (tertiary/aromatic N) is 8. The molecule has 0 bridgehead atoms. The van der Waals surface area contributed by atoms with Crippen LogP contribution >= 0.6 is 0 Å². The van der Waals surface area contributed by atoms with Crippen molar-refractivity contribution in [2.24, 2.45) is 13.0 Å². The molecule has 45 heavy (non-hydrogen) atoms. The lowest BCUT2D eigenvalue weighted by molar-refractivity contribution is 0.240. The van der Waals surface area contributed by atoms with E-state index >= 15 is 0 Å². The fraction of sp³-hybridized carbons (Fsp3) is 0.412. The van der Waals surface area contributed by atoms with E-state index in [1.165, 1.54) is 0 Å². The monoisotopic (exact) mass is 604 g/mol. The maximum atomic E-state index is 13.7. The van der Waals surface area contributed by atoms with E-state index in [1.807, 2.05) is 66.8 Å². The van der Waals surface area contributed by atoms with Crippen LogP contribution in [0.15, 0.2) is 67.3 Å². The smallest absolute Gasteiger partial charge is 0.323 e. The van der Waals surface area contributed by atoms with E-state index in [1.54, 1.807) is 17.1 Å². The molecule has 0 unspecified atom stereocenters. The molecule has 3 aromatic heterocycles. The molecular weight excluding hydrogens is 564 g/mol. The molecule has 2 atom stereocenters. The van der Waals surface area contributed by atoms with Gasteiger partial charge in [0.05, 0.1) is 12.4 Å². The summed E-state index contributed by atoms with van der Waals surface area (Å²) in [5.74, 6) is 2.43. The van der Waals surface area contributed by atoms with Crippen LogP contribution in [0.2, 0.25) is 0 Å². The molecule has 1 aliphatic heterocycles. The van der Waals surface area contributed by atoms with Crippen molar-refractivity contribution in [3.05, 3.63) is 78.4 Å². The molecule has 232 valence electrons. The summed E-state index contributed by atoms with van der Waals surface area (Å²) in [6.07, 6.45) is 11.6. The predicted octanol–water partition coefficient (Wildman–Crippen LogP) is 5.52. The number of aromatic nitrogens is 5. The molecular formula is C34H40N10O. The van der Waals surface area contributed by atoms with Crippen molar-refractivity contribution >= 4 is 23.6 Å². The number of pyridine rings is 1. The van der Waals surface area contributed by atoms with Gasteiger partial charge >= 0.3 is 6.03 Å². The average molecular weight is 605 g/mol. The van der Waals surface area contributed by atoms with Gasteiger partial charge in [-0.3, -0.25) is 9.58 Å². The van der Waals surface area contributed by atoms with E-state index < -0.39 is 0 Å². The normalized spacial score (nSPS) is 21.2. The quantitative estimate of drug-likeness (QED) is 0.269. The molecule has 11 nitrogen and oxygen atoms in total. The summed E-state index contributed by atoms with van der Waals surface area (Å²) in [5, 5.41) is 20.6. The number of nitrogens with one attached hydrogen (secondary N) is 2. The second-order valence-electron chi connectivity index (χ2n) is 12.2.